The smallest absolute Gasteiger partial charge is 0.137 e. The summed E-state index contributed by atoms with van der Waals surface area (Å²) in [6.07, 6.45) is 1.81. The van der Waals surface area contributed by atoms with Crippen LogP contribution in [0.1, 0.15) is 11.3 Å². The Morgan fingerprint density at radius 2 is 2.11 bits per heavy atom. The van der Waals surface area contributed by atoms with E-state index in [9.17, 15) is 0 Å². The molecule has 0 aliphatic heterocycles. The largest absolute Gasteiger partial charge is 0.495 e. The first-order valence-corrected chi connectivity index (χ1v) is 6.01. The summed E-state index contributed by atoms with van der Waals surface area (Å²) in [5, 5.41) is 4.83. The molecule has 0 aliphatic carbocycles. The van der Waals surface area contributed by atoms with E-state index in [2.05, 4.69) is 5.10 Å². The maximum atomic E-state index is 6.17. The number of methoxy groups -OCH3 is 1. The van der Waals surface area contributed by atoms with Gasteiger partial charge in [-0.3, -0.25) is 4.68 Å². The molecule has 0 saturated carbocycles. The van der Waals surface area contributed by atoms with Gasteiger partial charge in [0.05, 0.1) is 24.0 Å². The molecule has 1 aromatic heterocycles. The Bertz CT molecular complexity index is 578. The van der Waals surface area contributed by atoms with Crippen molar-refractivity contribution in [3.05, 3.63) is 34.6 Å². The molecule has 4 nitrogen and oxygen atoms in total. The molecule has 1 heterocycles. The number of hydrogen-bond acceptors (Lipinski definition) is 3. The van der Waals surface area contributed by atoms with Crippen LogP contribution < -0.4 is 10.5 Å². The standard InChI is InChI=1S/C13H16ClN3O/c1-8-4-13(18-3)11(14)5-9(8)10-7-16-17(2)12(10)6-15/h4-5,7H,6,15H2,1-3H3. The van der Waals surface area contributed by atoms with Gasteiger partial charge in [0.2, 0.25) is 0 Å². The third kappa shape index (κ3) is 2.09. The zero-order valence-electron chi connectivity index (χ0n) is 10.7. The predicted molar refractivity (Wildman–Crippen MR) is 72.8 cm³/mol. The molecular formula is C13H16ClN3O. The average Bonchev–Trinajstić information content (AvgIpc) is 2.72. The molecule has 0 amide bonds. The van der Waals surface area contributed by atoms with E-state index < -0.39 is 0 Å². The van der Waals surface area contributed by atoms with Crippen molar-refractivity contribution < 1.29 is 4.74 Å². The van der Waals surface area contributed by atoms with Gasteiger partial charge in [0, 0.05) is 19.2 Å². The van der Waals surface area contributed by atoms with Crippen molar-refractivity contribution in [2.45, 2.75) is 13.5 Å². The van der Waals surface area contributed by atoms with Gasteiger partial charge in [-0.25, -0.2) is 0 Å². The summed E-state index contributed by atoms with van der Waals surface area (Å²) in [5.41, 5.74) is 9.88. The minimum Gasteiger partial charge on any atom is -0.495 e. The predicted octanol–water partition coefficient (Wildman–Crippen LogP) is 2.52. The fourth-order valence-electron chi connectivity index (χ4n) is 2.03. The van der Waals surface area contributed by atoms with E-state index >= 15 is 0 Å². The molecule has 2 N–H and O–H groups in total. The van der Waals surface area contributed by atoms with Crippen LogP contribution in [0.3, 0.4) is 0 Å². The first-order valence-electron chi connectivity index (χ1n) is 5.64. The van der Waals surface area contributed by atoms with Crippen molar-refractivity contribution in [1.29, 1.82) is 0 Å². The van der Waals surface area contributed by atoms with E-state index in [4.69, 9.17) is 22.1 Å². The van der Waals surface area contributed by atoms with Gasteiger partial charge < -0.3 is 10.5 Å². The van der Waals surface area contributed by atoms with Gasteiger partial charge in [-0.1, -0.05) is 11.6 Å². The lowest BCUT2D eigenvalue weighted by Crippen LogP contribution is -2.05. The van der Waals surface area contributed by atoms with Gasteiger partial charge in [0.15, 0.2) is 0 Å². The highest BCUT2D eigenvalue weighted by atomic mass is 35.5. The summed E-state index contributed by atoms with van der Waals surface area (Å²) in [6, 6.07) is 3.82. The summed E-state index contributed by atoms with van der Waals surface area (Å²) in [4.78, 5) is 0. The van der Waals surface area contributed by atoms with Crippen LogP contribution >= 0.6 is 11.6 Å². The first kappa shape index (κ1) is 12.9. The van der Waals surface area contributed by atoms with Crippen LogP contribution in [0.4, 0.5) is 0 Å². The second-order valence-corrected chi connectivity index (χ2v) is 4.54. The van der Waals surface area contributed by atoms with Gasteiger partial charge >= 0.3 is 0 Å². The zero-order valence-corrected chi connectivity index (χ0v) is 11.5. The maximum Gasteiger partial charge on any atom is 0.137 e. The molecular weight excluding hydrogens is 250 g/mol. The highest BCUT2D eigenvalue weighted by Gasteiger charge is 2.14. The topological polar surface area (TPSA) is 53.1 Å². The summed E-state index contributed by atoms with van der Waals surface area (Å²) in [5.74, 6) is 0.677. The Morgan fingerprint density at radius 3 is 2.72 bits per heavy atom. The van der Waals surface area contributed by atoms with Gasteiger partial charge in [0.1, 0.15) is 5.75 Å². The average molecular weight is 266 g/mol. The quantitative estimate of drug-likeness (QED) is 0.928. The number of nitrogens with zero attached hydrogens (tertiary/aromatic N) is 2. The Balaban J connectivity index is 2.60. The first-order chi connectivity index (χ1) is 8.58. The lowest BCUT2D eigenvalue weighted by atomic mass is 10.0. The lowest BCUT2D eigenvalue weighted by Gasteiger charge is -2.10. The number of aromatic nitrogens is 2. The van der Waals surface area contributed by atoms with E-state index in [-0.39, 0.29) is 0 Å². The Morgan fingerprint density at radius 1 is 1.39 bits per heavy atom. The van der Waals surface area contributed by atoms with Crippen LogP contribution in [0.25, 0.3) is 11.1 Å². The Kier molecular flexibility index (Phi) is 3.59. The highest BCUT2D eigenvalue weighted by Crippen LogP contribution is 2.34. The van der Waals surface area contributed by atoms with Crippen LogP contribution in [0, 0.1) is 6.92 Å². The fourth-order valence-corrected chi connectivity index (χ4v) is 2.27. The van der Waals surface area contributed by atoms with Gasteiger partial charge in [0.25, 0.3) is 0 Å². The zero-order chi connectivity index (χ0) is 13.3. The molecule has 0 saturated heterocycles. The van der Waals surface area contributed by atoms with Crippen LogP contribution in [-0.4, -0.2) is 16.9 Å². The molecule has 0 unspecified atom stereocenters. The van der Waals surface area contributed by atoms with E-state index in [1.165, 1.54) is 0 Å². The summed E-state index contributed by atoms with van der Waals surface area (Å²) < 4.78 is 6.99. The number of aryl methyl sites for hydroxylation is 2. The van der Waals surface area contributed by atoms with Crippen LogP contribution in [0.15, 0.2) is 18.3 Å². The molecule has 2 rings (SSSR count). The summed E-state index contributed by atoms with van der Waals surface area (Å²) >= 11 is 6.17. The molecule has 0 atom stereocenters. The van der Waals surface area contributed by atoms with Crippen molar-refractivity contribution in [3.8, 4) is 16.9 Å². The maximum absolute atomic E-state index is 6.17. The number of benzene rings is 1. The van der Waals surface area contributed by atoms with Crippen molar-refractivity contribution in [2.24, 2.45) is 12.8 Å². The van der Waals surface area contributed by atoms with E-state index in [1.54, 1.807) is 11.8 Å². The molecule has 0 aliphatic rings. The molecule has 0 radical (unpaired) electrons. The number of nitrogens with two attached hydrogens (primary N) is 1. The third-order valence-electron chi connectivity index (χ3n) is 3.04. The Labute approximate surface area is 111 Å². The molecule has 5 heteroatoms. The summed E-state index contributed by atoms with van der Waals surface area (Å²) in [7, 11) is 3.49. The SMILES string of the molecule is COc1cc(C)c(-c2cnn(C)c2CN)cc1Cl. The summed E-state index contributed by atoms with van der Waals surface area (Å²) in [6.45, 7) is 2.45. The van der Waals surface area contributed by atoms with Crippen LogP contribution in [0.5, 0.6) is 5.75 Å². The molecule has 2 aromatic rings. The lowest BCUT2D eigenvalue weighted by molar-refractivity contribution is 0.415. The van der Waals surface area contributed by atoms with Gasteiger partial charge in [-0.2, -0.15) is 5.10 Å². The van der Waals surface area contributed by atoms with Crippen molar-refractivity contribution in [2.75, 3.05) is 7.11 Å². The second kappa shape index (κ2) is 5.00. The second-order valence-electron chi connectivity index (χ2n) is 4.13. The normalized spacial score (nSPS) is 10.7. The van der Waals surface area contributed by atoms with Crippen LogP contribution in [0.2, 0.25) is 5.02 Å². The molecule has 96 valence electrons. The minimum absolute atomic E-state index is 0.439. The van der Waals surface area contributed by atoms with Gasteiger partial charge in [-0.15, -0.1) is 0 Å². The van der Waals surface area contributed by atoms with E-state index in [1.807, 2.05) is 32.3 Å². The van der Waals surface area contributed by atoms with E-state index in [0.29, 0.717) is 17.3 Å². The third-order valence-corrected chi connectivity index (χ3v) is 3.34. The van der Waals surface area contributed by atoms with Gasteiger partial charge in [-0.05, 0) is 30.2 Å². The molecule has 18 heavy (non-hydrogen) atoms. The number of halogens is 1. The number of ether oxygens (including phenoxy) is 1. The number of hydrogen-bond donors (Lipinski definition) is 1. The molecule has 0 fully saturated rings. The van der Waals surface area contributed by atoms with Crippen molar-refractivity contribution >= 4 is 11.6 Å². The van der Waals surface area contributed by atoms with Crippen molar-refractivity contribution in [3.63, 3.8) is 0 Å². The molecule has 0 bridgehead atoms. The van der Waals surface area contributed by atoms with Crippen molar-refractivity contribution in [1.82, 2.24) is 9.78 Å². The monoisotopic (exact) mass is 265 g/mol. The van der Waals surface area contributed by atoms with Crippen LogP contribution in [-0.2, 0) is 13.6 Å². The fraction of sp³-hybridized carbons (Fsp3) is 0.308. The molecule has 1 aromatic carbocycles. The highest BCUT2D eigenvalue weighted by molar-refractivity contribution is 6.32. The molecule has 0 spiro atoms. The van der Waals surface area contributed by atoms with E-state index in [0.717, 1.165) is 22.4 Å². The Hall–Kier alpha value is -1.52. The number of rotatable bonds is 3. The minimum atomic E-state index is 0.439.